The number of aromatic amines is 1. The molecule has 3 nitrogen and oxygen atoms in total. The third kappa shape index (κ3) is 1.10. The van der Waals surface area contributed by atoms with Crippen molar-refractivity contribution < 1.29 is 9.90 Å². The number of H-pyrrole nitrogens is 1. The molecule has 0 aromatic carbocycles. The monoisotopic (exact) mass is 125 g/mol. The Balaban J connectivity index is 2.98. The Morgan fingerprint density at radius 2 is 2.33 bits per heavy atom. The van der Waals surface area contributed by atoms with E-state index >= 15 is 0 Å². The highest BCUT2D eigenvalue weighted by molar-refractivity contribution is 5.85. The number of aryl methyl sites for hydroxylation is 1. The van der Waals surface area contributed by atoms with Gasteiger partial charge in [0.15, 0.2) is 0 Å². The molecule has 48 valence electrons. The van der Waals surface area contributed by atoms with Crippen LogP contribution in [0.3, 0.4) is 0 Å². The number of hydrogen-bond donors (Lipinski definition) is 2. The molecule has 0 radical (unpaired) electrons. The van der Waals surface area contributed by atoms with Crippen molar-refractivity contribution in [2.24, 2.45) is 0 Å². The van der Waals surface area contributed by atoms with E-state index in [4.69, 9.17) is 5.11 Å². The molecule has 0 fully saturated rings. The molecule has 0 aliphatic carbocycles. The lowest BCUT2D eigenvalue weighted by molar-refractivity contribution is 0.0691. The summed E-state index contributed by atoms with van der Waals surface area (Å²) in [5.41, 5.74) is 1.11. The fraction of sp³-hybridized carbons (Fsp3) is 0.167. The summed E-state index contributed by atoms with van der Waals surface area (Å²) in [4.78, 5) is 12.9. The average Bonchev–Trinajstić information content (AvgIpc) is 2.14. The van der Waals surface area contributed by atoms with Gasteiger partial charge in [-0.3, -0.25) is 0 Å². The third-order valence-corrected chi connectivity index (χ3v) is 1.06. The molecule has 0 bridgehead atoms. The maximum absolute atomic E-state index is 10.2. The third-order valence-electron chi connectivity index (χ3n) is 1.06. The second-order valence-electron chi connectivity index (χ2n) is 1.86. The first-order chi connectivity index (χ1) is 4.20. The average molecular weight is 125 g/mol. The van der Waals surface area contributed by atoms with E-state index in [1.165, 1.54) is 6.07 Å². The van der Waals surface area contributed by atoms with Crippen LogP contribution in [0.4, 0.5) is 0 Å². The van der Waals surface area contributed by atoms with Gasteiger partial charge in [0.2, 0.25) is 0 Å². The molecular formula is C6H7NO2. The van der Waals surface area contributed by atoms with Gasteiger partial charge in [-0.1, -0.05) is 0 Å². The van der Waals surface area contributed by atoms with Gasteiger partial charge in [-0.25, -0.2) is 4.79 Å². The maximum atomic E-state index is 10.2. The van der Waals surface area contributed by atoms with Crippen LogP contribution in [-0.2, 0) is 0 Å². The molecule has 0 saturated heterocycles. The minimum atomic E-state index is -0.914. The van der Waals surface area contributed by atoms with E-state index in [0.717, 1.165) is 5.69 Å². The van der Waals surface area contributed by atoms with Crippen molar-refractivity contribution >= 4 is 5.97 Å². The number of aromatic carboxylic acids is 1. The van der Waals surface area contributed by atoms with Crippen molar-refractivity contribution in [2.75, 3.05) is 0 Å². The largest absolute Gasteiger partial charge is 0.477 e. The van der Waals surface area contributed by atoms with Gasteiger partial charge in [0.1, 0.15) is 5.69 Å². The molecule has 0 saturated carbocycles. The van der Waals surface area contributed by atoms with Crippen molar-refractivity contribution in [3.8, 4) is 0 Å². The first-order valence-electron chi connectivity index (χ1n) is 2.59. The molecule has 1 rings (SSSR count). The zero-order valence-electron chi connectivity index (χ0n) is 5.01. The van der Waals surface area contributed by atoms with Crippen molar-refractivity contribution in [2.45, 2.75) is 6.92 Å². The Morgan fingerprint density at radius 1 is 1.67 bits per heavy atom. The van der Waals surface area contributed by atoms with Gasteiger partial charge >= 0.3 is 5.97 Å². The van der Waals surface area contributed by atoms with Gasteiger partial charge in [-0.2, -0.15) is 0 Å². The molecule has 9 heavy (non-hydrogen) atoms. The molecule has 3 heteroatoms. The predicted octanol–water partition coefficient (Wildman–Crippen LogP) is 1.02. The molecule has 0 aliphatic rings. The Kier molecular flexibility index (Phi) is 1.26. The lowest BCUT2D eigenvalue weighted by Gasteiger charge is -1.83. The van der Waals surface area contributed by atoms with E-state index in [1.807, 2.05) is 6.92 Å². The summed E-state index contributed by atoms with van der Waals surface area (Å²) in [6.07, 6.45) is 0. The standard InChI is InChI=1S/C6H7NO2/c1-4-2-3-5(7-4)6(8)9/h2-3,7H,1H3,(H,8,9). The second kappa shape index (κ2) is 1.93. The first kappa shape index (κ1) is 5.88. The number of rotatable bonds is 1. The van der Waals surface area contributed by atoms with Gasteiger partial charge in [0.25, 0.3) is 0 Å². The number of aromatic nitrogens is 1. The highest BCUT2D eigenvalue weighted by Crippen LogP contribution is 1.98. The van der Waals surface area contributed by atoms with Crippen LogP contribution in [0.25, 0.3) is 0 Å². The summed E-state index contributed by atoms with van der Waals surface area (Å²) in [5, 5.41) is 8.37. The number of nitrogens with one attached hydrogen (secondary N) is 1. The molecular weight excluding hydrogens is 118 g/mol. The number of carbonyl (C=O) groups is 1. The van der Waals surface area contributed by atoms with E-state index in [-0.39, 0.29) is 5.69 Å². The normalized spacial score (nSPS) is 9.44. The Bertz CT molecular complexity index is 227. The smallest absolute Gasteiger partial charge is 0.352 e. The summed E-state index contributed by atoms with van der Waals surface area (Å²) in [6, 6.07) is 3.26. The summed E-state index contributed by atoms with van der Waals surface area (Å²) >= 11 is 0. The van der Waals surface area contributed by atoms with Crippen LogP contribution < -0.4 is 0 Å². The SMILES string of the molecule is Cc1ccc(C(=O)O)[nH]1. The van der Waals surface area contributed by atoms with E-state index in [9.17, 15) is 4.79 Å². The van der Waals surface area contributed by atoms with Gasteiger partial charge in [0, 0.05) is 5.69 Å². The topological polar surface area (TPSA) is 53.1 Å². The summed E-state index contributed by atoms with van der Waals surface area (Å²) in [7, 11) is 0. The molecule has 0 spiro atoms. The van der Waals surface area contributed by atoms with Crippen molar-refractivity contribution in [1.82, 2.24) is 4.98 Å². The number of carboxylic acid groups (broad SMARTS) is 1. The van der Waals surface area contributed by atoms with Crippen LogP contribution in [0.1, 0.15) is 16.2 Å². The molecule has 0 unspecified atom stereocenters. The Hall–Kier alpha value is -1.25. The van der Waals surface area contributed by atoms with Gasteiger partial charge in [-0.15, -0.1) is 0 Å². The molecule has 0 atom stereocenters. The number of hydrogen-bond acceptors (Lipinski definition) is 1. The fourth-order valence-electron chi connectivity index (χ4n) is 0.629. The van der Waals surface area contributed by atoms with E-state index in [0.29, 0.717) is 0 Å². The summed E-state index contributed by atoms with van der Waals surface area (Å²) in [6.45, 7) is 1.81. The fourth-order valence-corrected chi connectivity index (χ4v) is 0.629. The zero-order chi connectivity index (χ0) is 6.85. The van der Waals surface area contributed by atoms with Crippen molar-refractivity contribution in [1.29, 1.82) is 0 Å². The molecule has 1 aromatic heterocycles. The van der Waals surface area contributed by atoms with E-state index < -0.39 is 5.97 Å². The molecule has 0 amide bonds. The molecule has 1 heterocycles. The zero-order valence-corrected chi connectivity index (χ0v) is 5.01. The highest BCUT2D eigenvalue weighted by atomic mass is 16.4. The quantitative estimate of drug-likeness (QED) is 0.588. The highest BCUT2D eigenvalue weighted by Gasteiger charge is 2.01. The van der Waals surface area contributed by atoms with Crippen LogP contribution in [0.5, 0.6) is 0 Å². The van der Waals surface area contributed by atoms with Crippen molar-refractivity contribution in [3.05, 3.63) is 23.5 Å². The number of carboxylic acids is 1. The molecule has 0 aliphatic heterocycles. The second-order valence-corrected chi connectivity index (χ2v) is 1.86. The lowest BCUT2D eigenvalue weighted by Crippen LogP contribution is -1.95. The Labute approximate surface area is 52.3 Å². The Morgan fingerprint density at radius 3 is 2.56 bits per heavy atom. The van der Waals surface area contributed by atoms with Crippen LogP contribution in [0.2, 0.25) is 0 Å². The first-order valence-corrected chi connectivity index (χ1v) is 2.59. The van der Waals surface area contributed by atoms with Gasteiger partial charge in [0.05, 0.1) is 0 Å². The molecule has 2 N–H and O–H groups in total. The summed E-state index contributed by atoms with van der Waals surface area (Å²) in [5.74, 6) is -0.914. The van der Waals surface area contributed by atoms with Crippen LogP contribution in [0.15, 0.2) is 12.1 Å². The van der Waals surface area contributed by atoms with Crippen molar-refractivity contribution in [3.63, 3.8) is 0 Å². The predicted molar refractivity (Wildman–Crippen MR) is 32.5 cm³/mol. The minimum Gasteiger partial charge on any atom is -0.477 e. The lowest BCUT2D eigenvalue weighted by atomic mass is 10.4. The van der Waals surface area contributed by atoms with Crippen LogP contribution in [-0.4, -0.2) is 16.1 Å². The minimum absolute atomic E-state index is 0.243. The van der Waals surface area contributed by atoms with Crippen LogP contribution in [0, 0.1) is 6.92 Å². The van der Waals surface area contributed by atoms with E-state index in [1.54, 1.807) is 6.07 Å². The van der Waals surface area contributed by atoms with Gasteiger partial charge in [-0.05, 0) is 19.1 Å². The summed E-state index contributed by atoms with van der Waals surface area (Å²) < 4.78 is 0. The van der Waals surface area contributed by atoms with E-state index in [2.05, 4.69) is 4.98 Å². The van der Waals surface area contributed by atoms with Gasteiger partial charge < -0.3 is 10.1 Å². The maximum Gasteiger partial charge on any atom is 0.352 e. The van der Waals surface area contributed by atoms with Crippen LogP contribution >= 0.6 is 0 Å². The molecule has 1 aromatic rings.